The average molecular weight is 358 g/mol. The molecule has 1 aromatic heterocycles. The lowest BCUT2D eigenvalue weighted by molar-refractivity contribution is -0.144. The molecule has 0 aromatic carbocycles. The van der Waals surface area contributed by atoms with E-state index in [2.05, 4.69) is 9.88 Å². The number of carbonyl (C=O) groups excluding carboxylic acids is 1. The van der Waals surface area contributed by atoms with Gasteiger partial charge in [0, 0.05) is 38.3 Å². The number of likely N-dealkylation sites (tertiary alicyclic amines) is 1. The molecule has 5 heteroatoms. The Balaban J connectivity index is 1.48. The zero-order valence-corrected chi connectivity index (χ0v) is 15.7. The molecule has 142 valence electrons. The molecule has 2 unspecified atom stereocenters. The summed E-state index contributed by atoms with van der Waals surface area (Å²) in [6.07, 6.45) is 11.3. The third-order valence-corrected chi connectivity index (χ3v) is 6.70. The van der Waals surface area contributed by atoms with Gasteiger partial charge in [-0.15, -0.1) is 0 Å². The van der Waals surface area contributed by atoms with Crippen LogP contribution >= 0.6 is 0 Å². The van der Waals surface area contributed by atoms with E-state index in [9.17, 15) is 4.79 Å². The van der Waals surface area contributed by atoms with Gasteiger partial charge in [-0.2, -0.15) is 0 Å². The van der Waals surface area contributed by atoms with Gasteiger partial charge in [-0.1, -0.05) is 25.3 Å². The van der Waals surface area contributed by atoms with Gasteiger partial charge in [-0.3, -0.25) is 4.79 Å². The summed E-state index contributed by atoms with van der Waals surface area (Å²) in [5.74, 6) is 1.24. The minimum absolute atomic E-state index is 0.0953. The number of amides is 1. The maximum absolute atomic E-state index is 13.2. The predicted octanol–water partition coefficient (Wildman–Crippen LogP) is 3.58. The molecule has 0 spiro atoms. The summed E-state index contributed by atoms with van der Waals surface area (Å²) in [5.41, 5.74) is -0.186. The largest absolute Gasteiger partial charge is 0.474 e. The van der Waals surface area contributed by atoms with Crippen LogP contribution in [0.25, 0.3) is 0 Å². The molecule has 2 heterocycles. The number of hydrogen-bond acceptors (Lipinski definition) is 4. The van der Waals surface area contributed by atoms with Gasteiger partial charge in [-0.05, 0) is 38.2 Å². The topological polar surface area (TPSA) is 51.7 Å². The van der Waals surface area contributed by atoms with E-state index in [1.54, 1.807) is 6.20 Å². The van der Waals surface area contributed by atoms with Crippen molar-refractivity contribution in [1.29, 1.82) is 0 Å². The third-order valence-electron chi connectivity index (χ3n) is 6.70. The Morgan fingerprint density at radius 2 is 2.04 bits per heavy atom. The van der Waals surface area contributed by atoms with Crippen LogP contribution in [0.5, 0.6) is 5.88 Å². The highest BCUT2D eigenvalue weighted by molar-refractivity contribution is 5.79. The summed E-state index contributed by atoms with van der Waals surface area (Å²) < 4.78 is 12.1. The van der Waals surface area contributed by atoms with Crippen molar-refractivity contribution in [1.82, 2.24) is 9.88 Å². The first-order chi connectivity index (χ1) is 12.7. The smallest absolute Gasteiger partial charge is 0.226 e. The molecule has 0 N–H and O–H groups in total. The van der Waals surface area contributed by atoms with E-state index in [4.69, 9.17) is 9.47 Å². The van der Waals surface area contributed by atoms with Gasteiger partial charge >= 0.3 is 0 Å². The summed E-state index contributed by atoms with van der Waals surface area (Å²) in [4.78, 5) is 19.6. The van der Waals surface area contributed by atoms with Gasteiger partial charge < -0.3 is 14.4 Å². The van der Waals surface area contributed by atoms with Crippen LogP contribution in [0.2, 0.25) is 0 Å². The highest BCUT2D eigenvalue weighted by Crippen LogP contribution is 2.44. The molecule has 2 saturated carbocycles. The fourth-order valence-electron chi connectivity index (χ4n) is 5.20. The van der Waals surface area contributed by atoms with Crippen molar-refractivity contribution in [3.05, 3.63) is 24.4 Å². The van der Waals surface area contributed by atoms with E-state index in [1.165, 1.54) is 19.3 Å². The summed E-state index contributed by atoms with van der Waals surface area (Å²) in [7, 11) is 1.81. The van der Waals surface area contributed by atoms with Gasteiger partial charge in [-0.25, -0.2) is 4.98 Å². The molecule has 26 heavy (non-hydrogen) atoms. The summed E-state index contributed by atoms with van der Waals surface area (Å²) in [6, 6.07) is 5.87. The van der Waals surface area contributed by atoms with Crippen LogP contribution < -0.4 is 4.74 Å². The highest BCUT2D eigenvalue weighted by Gasteiger charge is 2.53. The molecule has 5 nitrogen and oxygen atoms in total. The second-order valence-corrected chi connectivity index (χ2v) is 8.08. The molecule has 1 amide bonds. The van der Waals surface area contributed by atoms with Crippen LogP contribution in [-0.2, 0) is 9.53 Å². The molecule has 1 aromatic rings. The third kappa shape index (κ3) is 3.34. The normalized spacial score (nSPS) is 32.3. The van der Waals surface area contributed by atoms with Crippen molar-refractivity contribution >= 4 is 5.91 Å². The van der Waals surface area contributed by atoms with Crippen molar-refractivity contribution in [3.63, 3.8) is 0 Å². The monoisotopic (exact) mass is 358 g/mol. The van der Waals surface area contributed by atoms with E-state index >= 15 is 0 Å². The first kappa shape index (κ1) is 17.8. The van der Waals surface area contributed by atoms with Crippen LogP contribution in [0.3, 0.4) is 0 Å². The van der Waals surface area contributed by atoms with Crippen molar-refractivity contribution in [2.24, 2.45) is 5.92 Å². The molecule has 1 aliphatic heterocycles. The Hall–Kier alpha value is -1.62. The average Bonchev–Trinajstić information content (AvgIpc) is 3.08. The predicted molar refractivity (Wildman–Crippen MR) is 98.9 cm³/mol. The first-order valence-corrected chi connectivity index (χ1v) is 10.2. The Morgan fingerprint density at radius 3 is 2.77 bits per heavy atom. The summed E-state index contributed by atoms with van der Waals surface area (Å²) >= 11 is 0. The highest BCUT2D eigenvalue weighted by atomic mass is 16.5. The molecule has 3 aliphatic rings. The van der Waals surface area contributed by atoms with Crippen LogP contribution in [0.4, 0.5) is 0 Å². The van der Waals surface area contributed by atoms with Crippen molar-refractivity contribution in [2.45, 2.75) is 75.5 Å². The molecule has 0 bridgehead atoms. The standard InChI is InChI=1S/C21H30N2O3/c1-25-21-11-10-17(26-19-9-5-6-13-22-19)15-18(21)23(14-12-21)20(24)16-7-3-2-4-8-16/h5-6,9,13,16-18H,2-4,7-8,10-12,14-15H2,1H3/t17?,18?,21-/m1/s1. The number of pyridine rings is 1. The SMILES string of the molecule is CO[C@@]12CCC(Oc3ccccn3)CC1N(C(=O)C1CCCCC1)CC2. The van der Waals surface area contributed by atoms with E-state index in [0.717, 1.165) is 45.1 Å². The lowest BCUT2D eigenvalue weighted by Gasteiger charge is -2.44. The maximum atomic E-state index is 13.2. The van der Waals surface area contributed by atoms with Crippen LogP contribution in [0.15, 0.2) is 24.4 Å². The molecule has 3 fully saturated rings. The minimum Gasteiger partial charge on any atom is -0.474 e. The van der Waals surface area contributed by atoms with Gasteiger partial charge in [0.1, 0.15) is 6.10 Å². The molecule has 4 rings (SSSR count). The second kappa shape index (κ2) is 7.55. The fourth-order valence-corrected chi connectivity index (χ4v) is 5.20. The number of aromatic nitrogens is 1. The van der Waals surface area contributed by atoms with Gasteiger partial charge in [0.2, 0.25) is 11.8 Å². The lowest BCUT2D eigenvalue weighted by Crippen LogP contribution is -2.54. The number of nitrogens with zero attached hydrogens (tertiary/aromatic N) is 2. The van der Waals surface area contributed by atoms with Crippen molar-refractivity contribution < 1.29 is 14.3 Å². The van der Waals surface area contributed by atoms with Crippen LogP contribution in [0.1, 0.15) is 57.8 Å². The van der Waals surface area contributed by atoms with E-state index in [-0.39, 0.29) is 23.7 Å². The Bertz CT molecular complexity index is 617. The molecular weight excluding hydrogens is 328 g/mol. The van der Waals surface area contributed by atoms with Gasteiger partial charge in [0.25, 0.3) is 0 Å². The van der Waals surface area contributed by atoms with Crippen molar-refractivity contribution in [3.8, 4) is 5.88 Å². The van der Waals surface area contributed by atoms with Crippen LogP contribution in [0, 0.1) is 5.92 Å². The number of carbonyl (C=O) groups is 1. The Morgan fingerprint density at radius 1 is 1.19 bits per heavy atom. The molecule has 1 saturated heterocycles. The number of ether oxygens (including phenoxy) is 2. The number of methoxy groups -OCH3 is 1. The number of hydrogen-bond donors (Lipinski definition) is 0. The first-order valence-electron chi connectivity index (χ1n) is 10.2. The maximum Gasteiger partial charge on any atom is 0.226 e. The van der Waals surface area contributed by atoms with Gasteiger partial charge in [0.15, 0.2) is 0 Å². The summed E-state index contributed by atoms with van der Waals surface area (Å²) in [5, 5.41) is 0. The Kier molecular flexibility index (Phi) is 5.16. The molecule has 0 radical (unpaired) electrons. The van der Waals surface area contributed by atoms with E-state index in [0.29, 0.717) is 11.8 Å². The minimum atomic E-state index is -0.186. The van der Waals surface area contributed by atoms with E-state index in [1.807, 2.05) is 25.3 Å². The second-order valence-electron chi connectivity index (χ2n) is 8.08. The quantitative estimate of drug-likeness (QED) is 0.825. The number of fused-ring (bicyclic) bond motifs is 1. The zero-order valence-electron chi connectivity index (χ0n) is 15.7. The van der Waals surface area contributed by atoms with Crippen LogP contribution in [-0.4, -0.2) is 47.2 Å². The fraction of sp³-hybridized carbons (Fsp3) is 0.714. The molecule has 2 aliphatic carbocycles. The molecular formula is C21H30N2O3. The Labute approximate surface area is 156 Å². The lowest BCUT2D eigenvalue weighted by atomic mass is 9.78. The number of rotatable bonds is 4. The van der Waals surface area contributed by atoms with Crippen molar-refractivity contribution in [2.75, 3.05) is 13.7 Å². The van der Waals surface area contributed by atoms with Gasteiger partial charge in [0.05, 0.1) is 11.6 Å². The summed E-state index contributed by atoms with van der Waals surface area (Å²) in [6.45, 7) is 0.824. The van der Waals surface area contributed by atoms with E-state index < -0.39 is 0 Å². The zero-order chi connectivity index (χ0) is 18.0. The molecule has 3 atom stereocenters.